The summed E-state index contributed by atoms with van der Waals surface area (Å²) in [6.07, 6.45) is 2.31. The molecule has 0 unspecified atom stereocenters. The maximum Gasteiger partial charge on any atom is 0.244 e. The summed E-state index contributed by atoms with van der Waals surface area (Å²) in [7, 11) is 1.65. The van der Waals surface area contributed by atoms with E-state index in [2.05, 4.69) is 25.8 Å². The molecule has 3 rings (SSSR count). The number of ether oxygens (including phenoxy) is 1. The number of nitrogens with one attached hydrogen (secondary N) is 2. The van der Waals surface area contributed by atoms with Crippen LogP contribution in [-0.2, 0) is 6.42 Å². The molecule has 134 valence electrons. The summed E-state index contributed by atoms with van der Waals surface area (Å²) in [6.45, 7) is 0.658. The van der Waals surface area contributed by atoms with Crippen LogP contribution in [0.5, 0.6) is 5.75 Å². The van der Waals surface area contributed by atoms with Crippen LogP contribution in [0.2, 0.25) is 10.0 Å². The van der Waals surface area contributed by atoms with Crippen LogP contribution in [0.3, 0.4) is 0 Å². The van der Waals surface area contributed by atoms with Gasteiger partial charge in [0.15, 0.2) is 5.82 Å². The molecule has 0 spiro atoms. The molecule has 0 radical (unpaired) electrons. The molecule has 0 aliphatic carbocycles. The van der Waals surface area contributed by atoms with Crippen molar-refractivity contribution in [2.45, 2.75) is 6.42 Å². The van der Waals surface area contributed by atoms with Gasteiger partial charge in [-0.05, 0) is 36.2 Å². The molecule has 0 fully saturated rings. The second kappa shape index (κ2) is 8.69. The zero-order valence-corrected chi connectivity index (χ0v) is 15.6. The molecule has 0 bridgehead atoms. The van der Waals surface area contributed by atoms with Crippen LogP contribution in [0.25, 0.3) is 0 Å². The number of rotatable bonds is 7. The Morgan fingerprint density at radius 2 is 1.85 bits per heavy atom. The Morgan fingerprint density at radius 1 is 1.08 bits per heavy atom. The Kier molecular flexibility index (Phi) is 6.09. The predicted molar refractivity (Wildman–Crippen MR) is 105 cm³/mol. The lowest BCUT2D eigenvalue weighted by Gasteiger charge is -2.10. The first-order chi connectivity index (χ1) is 12.7. The van der Waals surface area contributed by atoms with Gasteiger partial charge < -0.3 is 15.4 Å². The molecule has 0 atom stereocenters. The van der Waals surface area contributed by atoms with Gasteiger partial charge in [-0.2, -0.15) is 10.1 Å². The number of aromatic nitrogens is 3. The van der Waals surface area contributed by atoms with E-state index in [1.807, 2.05) is 24.3 Å². The van der Waals surface area contributed by atoms with Gasteiger partial charge in [0.1, 0.15) is 5.75 Å². The van der Waals surface area contributed by atoms with Gasteiger partial charge in [0.05, 0.1) is 29.0 Å². The molecule has 26 heavy (non-hydrogen) atoms. The van der Waals surface area contributed by atoms with E-state index in [-0.39, 0.29) is 0 Å². The first-order valence-electron chi connectivity index (χ1n) is 7.93. The van der Waals surface area contributed by atoms with Crippen LogP contribution in [0.4, 0.5) is 17.5 Å². The summed E-state index contributed by atoms with van der Waals surface area (Å²) in [4.78, 5) is 4.38. The summed E-state index contributed by atoms with van der Waals surface area (Å²) < 4.78 is 5.23. The van der Waals surface area contributed by atoms with Gasteiger partial charge in [-0.15, -0.1) is 5.10 Å². The maximum absolute atomic E-state index is 6.16. The number of benzene rings is 2. The zero-order chi connectivity index (χ0) is 18.4. The lowest BCUT2D eigenvalue weighted by Crippen LogP contribution is -2.10. The fourth-order valence-corrected chi connectivity index (χ4v) is 2.82. The Labute approximate surface area is 161 Å². The summed E-state index contributed by atoms with van der Waals surface area (Å²) in [6, 6.07) is 13.2. The van der Waals surface area contributed by atoms with E-state index in [9.17, 15) is 0 Å². The predicted octanol–water partition coefficient (Wildman–Crippen LogP) is 4.59. The van der Waals surface area contributed by atoms with Gasteiger partial charge in [0.2, 0.25) is 5.95 Å². The molecular weight excluding hydrogens is 373 g/mol. The van der Waals surface area contributed by atoms with Gasteiger partial charge in [0.25, 0.3) is 0 Å². The normalized spacial score (nSPS) is 10.4. The van der Waals surface area contributed by atoms with Crippen molar-refractivity contribution in [1.82, 2.24) is 15.2 Å². The zero-order valence-electron chi connectivity index (χ0n) is 14.0. The minimum Gasteiger partial charge on any atom is -0.497 e. The third-order valence-corrected chi connectivity index (χ3v) is 4.24. The van der Waals surface area contributed by atoms with Crippen molar-refractivity contribution in [3.8, 4) is 5.75 Å². The van der Waals surface area contributed by atoms with Crippen molar-refractivity contribution < 1.29 is 4.74 Å². The van der Waals surface area contributed by atoms with Crippen LogP contribution >= 0.6 is 23.2 Å². The Balaban J connectivity index is 1.62. The van der Waals surface area contributed by atoms with E-state index in [1.165, 1.54) is 6.20 Å². The van der Waals surface area contributed by atoms with Gasteiger partial charge in [-0.25, -0.2) is 0 Å². The highest BCUT2D eigenvalue weighted by molar-refractivity contribution is 6.39. The van der Waals surface area contributed by atoms with Gasteiger partial charge in [-0.3, -0.25) is 0 Å². The number of hydrogen-bond acceptors (Lipinski definition) is 6. The number of nitrogens with zero attached hydrogens (tertiary/aromatic N) is 3. The van der Waals surface area contributed by atoms with Crippen LogP contribution in [-0.4, -0.2) is 28.8 Å². The van der Waals surface area contributed by atoms with Crippen molar-refractivity contribution in [3.63, 3.8) is 0 Å². The molecule has 3 aromatic rings. The molecule has 0 aliphatic heterocycles. The molecule has 1 heterocycles. The minimum atomic E-state index is 0.418. The van der Waals surface area contributed by atoms with E-state index < -0.39 is 0 Å². The van der Waals surface area contributed by atoms with Crippen molar-refractivity contribution in [2.75, 3.05) is 24.3 Å². The molecule has 0 saturated carbocycles. The van der Waals surface area contributed by atoms with Gasteiger partial charge >= 0.3 is 0 Å². The molecule has 8 heteroatoms. The number of para-hydroxylation sites is 1. The van der Waals surface area contributed by atoms with Crippen LogP contribution in [0, 0.1) is 0 Å². The lowest BCUT2D eigenvalue weighted by molar-refractivity contribution is 0.414. The van der Waals surface area contributed by atoms with E-state index in [0.29, 0.717) is 34.0 Å². The first kappa shape index (κ1) is 18.2. The Morgan fingerprint density at radius 3 is 2.62 bits per heavy atom. The second-order valence-corrected chi connectivity index (χ2v) is 6.23. The van der Waals surface area contributed by atoms with E-state index in [1.54, 1.807) is 25.3 Å². The van der Waals surface area contributed by atoms with Crippen LogP contribution in [0.1, 0.15) is 5.56 Å². The third-order valence-electron chi connectivity index (χ3n) is 3.61. The highest BCUT2D eigenvalue weighted by atomic mass is 35.5. The minimum absolute atomic E-state index is 0.418. The second-order valence-electron chi connectivity index (χ2n) is 5.42. The SMILES string of the molecule is COc1cccc(CCNc2nncc(Nc3c(Cl)cccc3Cl)n2)c1. The number of methoxy groups -OCH3 is 1. The average molecular weight is 390 g/mol. The van der Waals surface area contributed by atoms with E-state index in [4.69, 9.17) is 27.9 Å². The van der Waals surface area contributed by atoms with Crippen molar-refractivity contribution in [3.05, 3.63) is 64.3 Å². The molecule has 6 nitrogen and oxygen atoms in total. The Hall–Kier alpha value is -2.57. The van der Waals surface area contributed by atoms with E-state index in [0.717, 1.165) is 17.7 Å². The average Bonchev–Trinajstić information content (AvgIpc) is 2.65. The molecule has 1 aromatic heterocycles. The molecule has 2 aromatic carbocycles. The maximum atomic E-state index is 6.16. The quantitative estimate of drug-likeness (QED) is 0.615. The Bertz CT molecular complexity index is 871. The fraction of sp³-hybridized carbons (Fsp3) is 0.167. The molecule has 2 N–H and O–H groups in total. The molecule has 0 amide bonds. The smallest absolute Gasteiger partial charge is 0.244 e. The van der Waals surface area contributed by atoms with Crippen molar-refractivity contribution >= 4 is 40.7 Å². The van der Waals surface area contributed by atoms with Gasteiger partial charge in [-0.1, -0.05) is 41.4 Å². The molecule has 0 saturated heterocycles. The highest BCUT2D eigenvalue weighted by Crippen LogP contribution is 2.31. The van der Waals surface area contributed by atoms with E-state index >= 15 is 0 Å². The number of hydrogen-bond donors (Lipinski definition) is 2. The summed E-state index contributed by atoms with van der Waals surface area (Å²) in [5.41, 5.74) is 1.74. The third kappa shape index (κ3) is 4.74. The number of anilines is 3. The van der Waals surface area contributed by atoms with Crippen molar-refractivity contribution in [2.24, 2.45) is 0 Å². The number of halogens is 2. The topological polar surface area (TPSA) is 72.0 Å². The monoisotopic (exact) mass is 389 g/mol. The summed E-state index contributed by atoms with van der Waals surface area (Å²) >= 11 is 12.3. The summed E-state index contributed by atoms with van der Waals surface area (Å²) in [5.74, 6) is 1.75. The molecular formula is C18H17Cl2N5O. The van der Waals surface area contributed by atoms with Crippen LogP contribution in [0.15, 0.2) is 48.7 Å². The molecule has 0 aliphatic rings. The first-order valence-corrected chi connectivity index (χ1v) is 8.69. The van der Waals surface area contributed by atoms with Crippen LogP contribution < -0.4 is 15.4 Å². The highest BCUT2D eigenvalue weighted by Gasteiger charge is 2.08. The fourth-order valence-electron chi connectivity index (χ4n) is 2.33. The largest absolute Gasteiger partial charge is 0.497 e. The van der Waals surface area contributed by atoms with Crippen molar-refractivity contribution in [1.29, 1.82) is 0 Å². The standard InChI is InChI=1S/C18H17Cl2N5O/c1-26-13-5-2-4-12(10-13)8-9-21-18-24-16(11-22-25-18)23-17-14(19)6-3-7-15(17)20/h2-7,10-11H,8-9H2,1H3,(H2,21,23,24,25). The lowest BCUT2D eigenvalue weighted by atomic mass is 10.1. The van der Waals surface area contributed by atoms with Gasteiger partial charge in [0, 0.05) is 6.54 Å². The summed E-state index contributed by atoms with van der Waals surface area (Å²) in [5, 5.41) is 15.2.